The van der Waals surface area contributed by atoms with E-state index in [0.29, 0.717) is 0 Å². The summed E-state index contributed by atoms with van der Waals surface area (Å²) < 4.78 is 0. The largest absolute Gasteiger partial charge is 0.399 e. The van der Waals surface area contributed by atoms with Crippen LogP contribution in [0.3, 0.4) is 0 Å². The van der Waals surface area contributed by atoms with Crippen molar-refractivity contribution in [3.05, 3.63) is 33.4 Å². The van der Waals surface area contributed by atoms with Crippen LogP contribution >= 0.6 is 11.6 Å². The summed E-state index contributed by atoms with van der Waals surface area (Å²) in [6.45, 7) is 0. The minimum Gasteiger partial charge on any atom is -0.399 e. The monoisotopic (exact) mass is 239 g/mol. The number of benzene rings is 1. The van der Waals surface area contributed by atoms with Gasteiger partial charge < -0.3 is 5.73 Å². The van der Waals surface area contributed by atoms with Crippen molar-refractivity contribution in [2.24, 2.45) is 0 Å². The number of hydrogen-bond donors (Lipinski definition) is 1. The zero-order chi connectivity index (χ0) is 12.3. The van der Waals surface area contributed by atoms with Crippen molar-refractivity contribution in [3.8, 4) is 6.07 Å². The van der Waals surface area contributed by atoms with E-state index in [1.165, 1.54) is 6.07 Å². The Balaban J connectivity index is 3.56. The number of nitrogens with zero attached hydrogens (tertiary/aromatic N) is 2. The van der Waals surface area contributed by atoms with Gasteiger partial charge in [-0.2, -0.15) is 5.26 Å². The molecule has 0 unspecified atom stereocenters. The lowest BCUT2D eigenvalue weighted by atomic mass is 10.0. The number of nitriles is 1. The Morgan fingerprint density at radius 2 is 2.25 bits per heavy atom. The summed E-state index contributed by atoms with van der Waals surface area (Å²) in [6.07, 6.45) is 0. The standard InChI is InChI=1S/C9H6ClN3O3/c10-3-9(14)6-1-5(12)2-8(13(15)16)7(6)4-11/h1-2H,3,12H2. The van der Waals surface area contributed by atoms with Gasteiger partial charge in [-0.15, -0.1) is 11.6 Å². The molecule has 0 spiro atoms. The van der Waals surface area contributed by atoms with Gasteiger partial charge in [0.05, 0.1) is 10.8 Å². The van der Waals surface area contributed by atoms with E-state index >= 15 is 0 Å². The van der Waals surface area contributed by atoms with Gasteiger partial charge in [-0.05, 0) is 6.07 Å². The highest BCUT2D eigenvalue weighted by atomic mass is 35.5. The van der Waals surface area contributed by atoms with Gasteiger partial charge in [-0.3, -0.25) is 14.9 Å². The number of hydrogen-bond acceptors (Lipinski definition) is 5. The molecule has 0 fully saturated rings. The molecule has 16 heavy (non-hydrogen) atoms. The molecule has 0 heterocycles. The third kappa shape index (κ3) is 2.10. The van der Waals surface area contributed by atoms with Gasteiger partial charge in [0, 0.05) is 17.3 Å². The molecule has 0 amide bonds. The molecule has 0 aliphatic rings. The maximum atomic E-state index is 11.4. The van der Waals surface area contributed by atoms with E-state index in [1.54, 1.807) is 6.07 Å². The fraction of sp³-hybridized carbons (Fsp3) is 0.111. The molecule has 1 aromatic carbocycles. The molecule has 82 valence electrons. The van der Waals surface area contributed by atoms with Crippen LogP contribution in [0.1, 0.15) is 15.9 Å². The number of nitrogens with two attached hydrogens (primary N) is 1. The van der Waals surface area contributed by atoms with E-state index < -0.39 is 16.4 Å². The lowest BCUT2D eigenvalue weighted by molar-refractivity contribution is -0.385. The summed E-state index contributed by atoms with van der Waals surface area (Å²) in [5, 5.41) is 19.4. The topological polar surface area (TPSA) is 110 Å². The van der Waals surface area contributed by atoms with Crippen molar-refractivity contribution >= 4 is 28.8 Å². The summed E-state index contributed by atoms with van der Waals surface area (Å²) in [5.74, 6) is -0.941. The predicted octanol–water partition coefficient (Wildman–Crippen LogP) is 1.47. The molecule has 0 atom stereocenters. The molecule has 2 N–H and O–H groups in total. The van der Waals surface area contributed by atoms with E-state index in [1.807, 2.05) is 0 Å². The lowest BCUT2D eigenvalue weighted by Crippen LogP contribution is -2.07. The average molecular weight is 240 g/mol. The second-order valence-electron chi connectivity index (χ2n) is 2.89. The van der Waals surface area contributed by atoms with Crippen molar-refractivity contribution in [1.29, 1.82) is 5.26 Å². The number of nitro benzene ring substituents is 1. The van der Waals surface area contributed by atoms with Crippen LogP contribution in [0, 0.1) is 21.4 Å². The van der Waals surface area contributed by atoms with Crippen molar-refractivity contribution in [2.45, 2.75) is 0 Å². The van der Waals surface area contributed by atoms with Gasteiger partial charge in [-0.1, -0.05) is 0 Å². The smallest absolute Gasteiger partial charge is 0.289 e. The Morgan fingerprint density at radius 3 is 2.69 bits per heavy atom. The minimum absolute atomic E-state index is 0.0409. The van der Waals surface area contributed by atoms with E-state index in [9.17, 15) is 14.9 Å². The molecule has 0 aliphatic heterocycles. The number of ketones is 1. The maximum absolute atomic E-state index is 11.4. The highest BCUT2D eigenvalue weighted by Crippen LogP contribution is 2.25. The summed E-state index contributed by atoms with van der Waals surface area (Å²) >= 11 is 5.33. The minimum atomic E-state index is -0.764. The fourth-order valence-corrected chi connectivity index (χ4v) is 1.35. The third-order valence-electron chi connectivity index (χ3n) is 1.87. The van der Waals surface area contributed by atoms with Crippen molar-refractivity contribution in [1.82, 2.24) is 0 Å². The van der Waals surface area contributed by atoms with Gasteiger partial charge in [-0.25, -0.2) is 0 Å². The number of carbonyl (C=O) groups is 1. The zero-order valence-electron chi connectivity index (χ0n) is 7.94. The molecule has 0 saturated heterocycles. The Morgan fingerprint density at radius 1 is 1.62 bits per heavy atom. The lowest BCUT2D eigenvalue weighted by Gasteiger charge is -2.03. The SMILES string of the molecule is N#Cc1c(C(=O)CCl)cc(N)cc1[N+](=O)[O-]. The number of anilines is 1. The maximum Gasteiger partial charge on any atom is 0.289 e. The van der Waals surface area contributed by atoms with Crippen LogP contribution in [0.25, 0.3) is 0 Å². The number of nitrogen functional groups attached to an aromatic ring is 1. The molecule has 0 aliphatic carbocycles. The molecule has 7 heteroatoms. The normalized spacial score (nSPS) is 9.50. The number of Topliss-reactive ketones (excluding diaryl/α,β-unsaturated/α-hetero) is 1. The number of halogens is 1. The highest BCUT2D eigenvalue weighted by Gasteiger charge is 2.22. The molecule has 0 aromatic heterocycles. The molecule has 0 saturated carbocycles. The van der Waals surface area contributed by atoms with E-state index in [0.717, 1.165) is 6.07 Å². The summed E-state index contributed by atoms with van der Waals surface area (Å²) in [5.41, 5.74) is 4.52. The van der Waals surface area contributed by atoms with Crippen molar-refractivity contribution in [3.63, 3.8) is 0 Å². The van der Waals surface area contributed by atoms with Crippen LogP contribution in [0.5, 0.6) is 0 Å². The highest BCUT2D eigenvalue weighted by molar-refractivity contribution is 6.30. The van der Waals surface area contributed by atoms with Crippen LogP contribution < -0.4 is 5.73 Å². The third-order valence-corrected chi connectivity index (χ3v) is 2.11. The summed E-state index contributed by atoms with van der Waals surface area (Å²) in [6, 6.07) is 3.85. The number of alkyl halides is 1. The first-order chi connectivity index (χ1) is 7.51. The Bertz CT molecular complexity index is 507. The van der Waals surface area contributed by atoms with Crippen LogP contribution in [0.15, 0.2) is 12.1 Å². The quantitative estimate of drug-likeness (QED) is 0.282. The Labute approximate surface area is 95.4 Å². The Hall–Kier alpha value is -2.13. The fourth-order valence-electron chi connectivity index (χ4n) is 1.20. The molecule has 1 aromatic rings. The van der Waals surface area contributed by atoms with E-state index in [4.69, 9.17) is 22.6 Å². The van der Waals surface area contributed by atoms with E-state index in [2.05, 4.69) is 0 Å². The molecule has 0 radical (unpaired) electrons. The Kier molecular flexibility index (Phi) is 3.43. The van der Waals surface area contributed by atoms with Crippen LogP contribution in [0.2, 0.25) is 0 Å². The van der Waals surface area contributed by atoms with E-state index in [-0.39, 0.29) is 22.7 Å². The van der Waals surface area contributed by atoms with Gasteiger partial charge in [0.25, 0.3) is 5.69 Å². The number of nitro groups is 1. The van der Waals surface area contributed by atoms with Crippen LogP contribution in [-0.4, -0.2) is 16.6 Å². The second-order valence-corrected chi connectivity index (χ2v) is 3.16. The van der Waals surface area contributed by atoms with Gasteiger partial charge in [0.15, 0.2) is 5.78 Å². The predicted molar refractivity (Wildman–Crippen MR) is 57.3 cm³/mol. The first kappa shape index (κ1) is 11.9. The zero-order valence-corrected chi connectivity index (χ0v) is 8.69. The molecule has 1 rings (SSSR count). The van der Waals surface area contributed by atoms with Gasteiger partial charge in [0.1, 0.15) is 11.6 Å². The van der Waals surface area contributed by atoms with Crippen molar-refractivity contribution < 1.29 is 9.72 Å². The second kappa shape index (κ2) is 4.59. The molecule has 6 nitrogen and oxygen atoms in total. The summed E-state index contributed by atoms with van der Waals surface area (Å²) in [4.78, 5) is 21.2. The van der Waals surface area contributed by atoms with Gasteiger partial charge in [0.2, 0.25) is 0 Å². The van der Waals surface area contributed by atoms with Gasteiger partial charge >= 0.3 is 0 Å². The number of carbonyl (C=O) groups excluding carboxylic acids is 1. The first-order valence-corrected chi connectivity index (χ1v) is 4.62. The first-order valence-electron chi connectivity index (χ1n) is 4.08. The number of rotatable bonds is 3. The van der Waals surface area contributed by atoms with Crippen LogP contribution in [-0.2, 0) is 0 Å². The van der Waals surface area contributed by atoms with Crippen molar-refractivity contribution in [2.75, 3.05) is 11.6 Å². The van der Waals surface area contributed by atoms with Crippen LogP contribution in [0.4, 0.5) is 11.4 Å². The summed E-state index contributed by atoms with van der Waals surface area (Å²) in [7, 11) is 0. The molecular weight excluding hydrogens is 234 g/mol. The average Bonchev–Trinajstić information content (AvgIpc) is 2.26. The molecule has 0 bridgehead atoms. The molecular formula is C9H6ClN3O3.